The van der Waals surface area contributed by atoms with Crippen LogP contribution in [-0.2, 0) is 4.79 Å². The number of carbonyl (C=O) groups excluding carboxylic acids is 1. The summed E-state index contributed by atoms with van der Waals surface area (Å²) >= 11 is 1.70. The second kappa shape index (κ2) is 6.34. The maximum atomic E-state index is 11.7. The maximum Gasteiger partial charge on any atom is 0.238 e. The molecule has 1 aromatic rings. The van der Waals surface area contributed by atoms with Gasteiger partial charge in [0, 0.05) is 6.20 Å². The summed E-state index contributed by atoms with van der Waals surface area (Å²) in [5, 5.41) is 4.14. The fourth-order valence-electron chi connectivity index (χ4n) is 2.91. The predicted octanol–water partition coefficient (Wildman–Crippen LogP) is 1.20. The lowest BCUT2D eigenvalue weighted by Gasteiger charge is -2.32. The molecule has 0 spiro atoms. The lowest BCUT2D eigenvalue weighted by Crippen LogP contribution is -2.56. The van der Waals surface area contributed by atoms with Crippen LogP contribution in [0.25, 0.3) is 0 Å². The molecule has 5 nitrogen and oxygen atoms in total. The van der Waals surface area contributed by atoms with Crippen molar-refractivity contribution in [2.45, 2.75) is 36.2 Å². The molecule has 1 heterocycles. The van der Waals surface area contributed by atoms with E-state index in [-0.39, 0.29) is 5.91 Å². The second-order valence-electron chi connectivity index (χ2n) is 4.86. The smallest absolute Gasteiger partial charge is 0.238 e. The van der Waals surface area contributed by atoms with E-state index in [1.165, 1.54) is 0 Å². The number of carbonyl (C=O) groups is 1. The summed E-state index contributed by atoms with van der Waals surface area (Å²) in [6.45, 7) is 0. The van der Waals surface area contributed by atoms with E-state index in [4.69, 9.17) is 5.73 Å². The van der Waals surface area contributed by atoms with Gasteiger partial charge in [-0.15, -0.1) is 11.8 Å². The highest BCUT2D eigenvalue weighted by atomic mass is 32.2. The third-order valence-corrected chi connectivity index (χ3v) is 4.95. The van der Waals surface area contributed by atoms with Crippen molar-refractivity contribution < 1.29 is 4.79 Å². The van der Waals surface area contributed by atoms with E-state index in [0.29, 0.717) is 5.92 Å². The van der Waals surface area contributed by atoms with Gasteiger partial charge in [0.2, 0.25) is 5.91 Å². The van der Waals surface area contributed by atoms with Gasteiger partial charge in [0.25, 0.3) is 0 Å². The first kappa shape index (κ1) is 14.3. The van der Waals surface area contributed by atoms with Gasteiger partial charge in [-0.2, -0.15) is 0 Å². The Morgan fingerprint density at radius 1 is 1.68 bits per heavy atom. The molecule has 0 bridgehead atoms. The zero-order valence-electron chi connectivity index (χ0n) is 11.1. The van der Waals surface area contributed by atoms with Crippen molar-refractivity contribution in [2.24, 2.45) is 11.7 Å². The molecular formula is C13H20N4OS. The molecule has 1 saturated carbocycles. The SMILES string of the molecule is CNC1(C(N)=O)CCCC1CCSc1ccncn1. The van der Waals surface area contributed by atoms with Crippen LogP contribution in [-0.4, -0.2) is 34.2 Å². The van der Waals surface area contributed by atoms with Crippen molar-refractivity contribution in [2.75, 3.05) is 12.8 Å². The Kier molecular flexibility index (Phi) is 4.76. The Labute approximate surface area is 117 Å². The fraction of sp³-hybridized carbons (Fsp3) is 0.615. The monoisotopic (exact) mass is 280 g/mol. The second-order valence-corrected chi connectivity index (χ2v) is 5.97. The van der Waals surface area contributed by atoms with Gasteiger partial charge in [-0.3, -0.25) is 4.79 Å². The summed E-state index contributed by atoms with van der Waals surface area (Å²) in [6, 6.07) is 1.90. The molecule has 1 fully saturated rings. The van der Waals surface area contributed by atoms with Gasteiger partial charge in [-0.05, 0) is 44.0 Å². The average Bonchev–Trinajstić information content (AvgIpc) is 2.84. The number of thioether (sulfide) groups is 1. The number of amides is 1. The Hall–Kier alpha value is -1.14. The number of likely N-dealkylation sites (N-methyl/N-ethyl adjacent to an activating group) is 1. The highest BCUT2D eigenvalue weighted by Gasteiger charge is 2.45. The topological polar surface area (TPSA) is 80.9 Å². The molecule has 104 valence electrons. The minimum Gasteiger partial charge on any atom is -0.368 e. The number of aromatic nitrogens is 2. The molecule has 1 aliphatic carbocycles. The van der Waals surface area contributed by atoms with Gasteiger partial charge >= 0.3 is 0 Å². The highest BCUT2D eigenvalue weighted by Crippen LogP contribution is 2.38. The summed E-state index contributed by atoms with van der Waals surface area (Å²) in [6.07, 6.45) is 7.24. The zero-order valence-corrected chi connectivity index (χ0v) is 11.9. The van der Waals surface area contributed by atoms with E-state index in [1.807, 2.05) is 13.1 Å². The summed E-state index contributed by atoms with van der Waals surface area (Å²) < 4.78 is 0. The van der Waals surface area contributed by atoms with Gasteiger partial charge in [0.15, 0.2) is 0 Å². The van der Waals surface area contributed by atoms with Crippen molar-refractivity contribution >= 4 is 17.7 Å². The van der Waals surface area contributed by atoms with Crippen LogP contribution in [0.3, 0.4) is 0 Å². The van der Waals surface area contributed by atoms with E-state index in [2.05, 4.69) is 15.3 Å². The Morgan fingerprint density at radius 3 is 3.16 bits per heavy atom. The first-order chi connectivity index (χ1) is 9.19. The Balaban J connectivity index is 1.90. The van der Waals surface area contributed by atoms with Crippen LogP contribution in [0.15, 0.2) is 23.6 Å². The van der Waals surface area contributed by atoms with Gasteiger partial charge in [-0.1, -0.05) is 6.42 Å². The summed E-state index contributed by atoms with van der Waals surface area (Å²) in [5.74, 6) is 1.05. The first-order valence-electron chi connectivity index (χ1n) is 6.56. The van der Waals surface area contributed by atoms with E-state index in [0.717, 1.165) is 36.5 Å². The highest BCUT2D eigenvalue weighted by molar-refractivity contribution is 7.99. The quantitative estimate of drug-likeness (QED) is 0.604. The van der Waals surface area contributed by atoms with Crippen LogP contribution in [0.1, 0.15) is 25.7 Å². The van der Waals surface area contributed by atoms with Gasteiger partial charge in [0.1, 0.15) is 11.9 Å². The maximum absolute atomic E-state index is 11.7. The fourth-order valence-corrected chi connectivity index (χ4v) is 3.81. The number of hydrogen-bond donors (Lipinski definition) is 2. The van der Waals surface area contributed by atoms with E-state index in [9.17, 15) is 4.79 Å². The summed E-state index contributed by atoms with van der Waals surface area (Å²) in [5.41, 5.74) is 5.08. The van der Waals surface area contributed by atoms with E-state index in [1.54, 1.807) is 24.3 Å². The van der Waals surface area contributed by atoms with Crippen molar-refractivity contribution in [1.82, 2.24) is 15.3 Å². The molecule has 0 aromatic carbocycles. The lowest BCUT2D eigenvalue weighted by molar-refractivity contribution is -0.125. The number of nitrogens with one attached hydrogen (secondary N) is 1. The molecule has 1 amide bonds. The van der Waals surface area contributed by atoms with E-state index < -0.39 is 5.54 Å². The third kappa shape index (κ3) is 3.06. The normalized spacial score (nSPS) is 26.5. The van der Waals surface area contributed by atoms with Crippen molar-refractivity contribution in [3.05, 3.63) is 18.6 Å². The van der Waals surface area contributed by atoms with Crippen molar-refractivity contribution in [3.8, 4) is 0 Å². The molecule has 0 radical (unpaired) electrons. The Bertz CT molecular complexity index is 428. The standard InChI is InChI=1S/C13H20N4OS/c1-15-13(12(14)18)6-2-3-10(13)5-8-19-11-4-7-16-9-17-11/h4,7,9-10,15H,2-3,5-6,8H2,1H3,(H2,14,18). The Morgan fingerprint density at radius 2 is 2.53 bits per heavy atom. The van der Waals surface area contributed by atoms with Crippen molar-refractivity contribution in [3.63, 3.8) is 0 Å². The minimum absolute atomic E-state index is 0.218. The van der Waals surface area contributed by atoms with Gasteiger partial charge in [-0.25, -0.2) is 9.97 Å². The van der Waals surface area contributed by atoms with Gasteiger partial charge < -0.3 is 11.1 Å². The number of nitrogens with zero attached hydrogens (tertiary/aromatic N) is 2. The average molecular weight is 280 g/mol. The van der Waals surface area contributed by atoms with Crippen LogP contribution >= 0.6 is 11.8 Å². The molecule has 19 heavy (non-hydrogen) atoms. The van der Waals surface area contributed by atoms with Crippen LogP contribution in [0, 0.1) is 5.92 Å². The lowest BCUT2D eigenvalue weighted by atomic mass is 9.84. The summed E-state index contributed by atoms with van der Waals surface area (Å²) in [7, 11) is 1.83. The minimum atomic E-state index is -0.508. The number of nitrogens with two attached hydrogens (primary N) is 1. The molecule has 3 N–H and O–H groups in total. The molecule has 2 unspecified atom stereocenters. The molecule has 2 atom stereocenters. The first-order valence-corrected chi connectivity index (χ1v) is 7.55. The molecule has 2 rings (SSSR count). The predicted molar refractivity (Wildman–Crippen MR) is 75.7 cm³/mol. The van der Waals surface area contributed by atoms with Crippen molar-refractivity contribution in [1.29, 1.82) is 0 Å². The molecule has 0 saturated heterocycles. The molecule has 1 aromatic heterocycles. The van der Waals surface area contributed by atoms with Gasteiger partial charge in [0.05, 0.1) is 5.03 Å². The third-order valence-electron chi connectivity index (χ3n) is 3.98. The number of hydrogen-bond acceptors (Lipinski definition) is 5. The molecule has 0 aliphatic heterocycles. The number of primary amides is 1. The number of rotatable bonds is 6. The van der Waals surface area contributed by atoms with Crippen LogP contribution in [0.2, 0.25) is 0 Å². The van der Waals surface area contributed by atoms with E-state index >= 15 is 0 Å². The van der Waals surface area contributed by atoms with Crippen LogP contribution in [0.5, 0.6) is 0 Å². The molecular weight excluding hydrogens is 260 g/mol. The molecule has 6 heteroatoms. The molecule has 1 aliphatic rings. The zero-order chi connectivity index (χ0) is 13.7. The van der Waals surface area contributed by atoms with Crippen LogP contribution in [0.4, 0.5) is 0 Å². The summed E-state index contributed by atoms with van der Waals surface area (Å²) in [4.78, 5) is 19.8. The van der Waals surface area contributed by atoms with Crippen LogP contribution < -0.4 is 11.1 Å². The largest absolute Gasteiger partial charge is 0.368 e.